The minimum atomic E-state index is -0.829. The normalized spacial score (nSPS) is 37.5. The lowest BCUT2D eigenvalue weighted by Gasteiger charge is -2.71. The average molecular weight is 513 g/mol. The van der Waals surface area contributed by atoms with Gasteiger partial charge in [-0.3, -0.25) is 9.69 Å². The van der Waals surface area contributed by atoms with Gasteiger partial charge in [0, 0.05) is 37.2 Å². The summed E-state index contributed by atoms with van der Waals surface area (Å²) in [5.74, 6) is 2.22. The molecule has 4 bridgehead atoms. The Balaban J connectivity index is 1.26. The maximum Gasteiger partial charge on any atom is 0.226 e. The van der Waals surface area contributed by atoms with Crippen LogP contribution in [0.1, 0.15) is 42.4 Å². The van der Waals surface area contributed by atoms with Gasteiger partial charge >= 0.3 is 0 Å². The van der Waals surface area contributed by atoms with Gasteiger partial charge in [0.05, 0.1) is 18.4 Å². The van der Waals surface area contributed by atoms with Gasteiger partial charge in [0.25, 0.3) is 0 Å². The lowest BCUT2D eigenvalue weighted by molar-refractivity contribution is -0.215. The molecule has 1 saturated heterocycles. The Bertz CT molecular complexity index is 1340. The maximum absolute atomic E-state index is 14.1. The first-order valence-electron chi connectivity index (χ1n) is 14.2. The topological polar surface area (TPSA) is 60.0 Å². The molecule has 1 amide bonds. The molecule has 2 aliphatic heterocycles. The Kier molecular flexibility index (Phi) is 4.77. The van der Waals surface area contributed by atoms with Crippen LogP contribution in [0.2, 0.25) is 0 Å². The molecule has 7 aliphatic rings. The van der Waals surface area contributed by atoms with E-state index in [0.29, 0.717) is 12.6 Å². The van der Waals surface area contributed by atoms with Crippen LogP contribution in [0.5, 0.6) is 11.5 Å². The zero-order chi connectivity index (χ0) is 25.7. The molecule has 2 aromatic carbocycles. The fourth-order valence-electron chi connectivity index (χ4n) is 9.13. The molecule has 38 heavy (non-hydrogen) atoms. The predicted molar refractivity (Wildman–Crippen MR) is 143 cm³/mol. The maximum atomic E-state index is 14.1. The van der Waals surface area contributed by atoms with Crippen molar-refractivity contribution in [3.63, 3.8) is 0 Å². The second-order valence-electron chi connectivity index (χ2n) is 12.4. The third kappa shape index (κ3) is 2.73. The van der Waals surface area contributed by atoms with Crippen LogP contribution in [0.15, 0.2) is 54.6 Å². The van der Waals surface area contributed by atoms with Gasteiger partial charge in [-0.25, -0.2) is 0 Å². The smallest absolute Gasteiger partial charge is 0.226 e. The minimum absolute atomic E-state index is 0.0541. The van der Waals surface area contributed by atoms with Gasteiger partial charge in [-0.05, 0) is 61.8 Å². The number of hydrogen-bond acceptors (Lipinski definition) is 5. The lowest BCUT2D eigenvalue weighted by Crippen LogP contribution is -2.80. The van der Waals surface area contributed by atoms with Crippen LogP contribution in [0.25, 0.3) is 0 Å². The van der Waals surface area contributed by atoms with Gasteiger partial charge in [-0.2, -0.15) is 0 Å². The number of nitrogens with one attached hydrogen (secondary N) is 1. The number of piperidine rings is 1. The summed E-state index contributed by atoms with van der Waals surface area (Å²) < 4.78 is 19.3. The van der Waals surface area contributed by atoms with E-state index in [0.717, 1.165) is 48.8 Å². The molecule has 6 heteroatoms. The zero-order valence-electron chi connectivity index (χ0n) is 22.2. The van der Waals surface area contributed by atoms with E-state index >= 15 is 0 Å². The summed E-state index contributed by atoms with van der Waals surface area (Å²) in [6, 6.07) is 14.8. The van der Waals surface area contributed by atoms with Crippen molar-refractivity contribution in [2.24, 2.45) is 17.3 Å². The Morgan fingerprint density at radius 2 is 1.97 bits per heavy atom. The number of methoxy groups -OCH3 is 2. The molecule has 5 aliphatic carbocycles. The van der Waals surface area contributed by atoms with E-state index in [4.69, 9.17) is 14.2 Å². The third-order valence-electron chi connectivity index (χ3n) is 10.9. The first-order chi connectivity index (χ1) is 18.6. The molecule has 198 valence electrons. The fourth-order valence-corrected chi connectivity index (χ4v) is 9.13. The van der Waals surface area contributed by atoms with E-state index in [2.05, 4.69) is 46.6 Å². The van der Waals surface area contributed by atoms with Crippen molar-refractivity contribution in [1.82, 2.24) is 10.2 Å². The summed E-state index contributed by atoms with van der Waals surface area (Å²) in [5.41, 5.74) is 2.60. The Morgan fingerprint density at radius 3 is 2.74 bits per heavy atom. The lowest BCUT2D eigenvalue weighted by atomic mass is 9.37. The number of nitrogens with zero attached hydrogens (tertiary/aromatic N) is 1. The molecule has 2 aromatic rings. The van der Waals surface area contributed by atoms with E-state index in [1.54, 1.807) is 14.2 Å². The first-order valence-corrected chi connectivity index (χ1v) is 14.2. The van der Waals surface area contributed by atoms with Crippen LogP contribution in [0, 0.1) is 17.3 Å². The number of likely N-dealkylation sites (tertiary alicyclic amines) is 1. The van der Waals surface area contributed by atoms with E-state index < -0.39 is 5.60 Å². The molecule has 6 nitrogen and oxygen atoms in total. The number of amides is 1. The number of hydrogen-bond donors (Lipinski definition) is 1. The van der Waals surface area contributed by atoms with Gasteiger partial charge < -0.3 is 19.5 Å². The molecular formula is C32H36N2O4. The predicted octanol–water partition coefficient (Wildman–Crippen LogP) is 4.01. The molecular weight excluding hydrogens is 476 g/mol. The van der Waals surface area contributed by atoms with Crippen molar-refractivity contribution in [3.05, 3.63) is 71.3 Å². The van der Waals surface area contributed by atoms with Gasteiger partial charge in [0.15, 0.2) is 11.5 Å². The zero-order valence-corrected chi connectivity index (χ0v) is 22.2. The summed E-state index contributed by atoms with van der Waals surface area (Å²) in [7, 11) is 3.48. The van der Waals surface area contributed by atoms with E-state index in [-0.39, 0.29) is 28.8 Å². The van der Waals surface area contributed by atoms with E-state index in [1.165, 1.54) is 30.5 Å². The molecule has 2 spiro atoms. The SMILES string of the molecule is COc1ccc2c3c1O[C@H]1[C@@]4(OC)C=CC5(C[C@@H]4C(=O)NCc4ccccc4)C(C2)N(CC2CC2)CC[C@@]315. The highest BCUT2D eigenvalue weighted by Crippen LogP contribution is 2.74. The van der Waals surface area contributed by atoms with Gasteiger partial charge in [-0.1, -0.05) is 48.6 Å². The largest absolute Gasteiger partial charge is 0.493 e. The molecule has 6 atom stereocenters. The third-order valence-corrected chi connectivity index (χ3v) is 10.9. The van der Waals surface area contributed by atoms with Crippen molar-refractivity contribution in [3.8, 4) is 11.5 Å². The number of fused-ring (bicyclic) bond motifs is 1. The Hall–Kier alpha value is -2.83. The standard InChI is InChI=1S/C32H36N2O4/c1-36-24-11-10-22-16-25-30-12-13-32(37-2,23(17-30)28(35)33-18-20-6-4-3-5-7-20)29-31(30,26(22)27(24)38-29)14-15-34(25)19-21-8-9-21/h3-7,10-13,21,23,25,29H,8-9,14-19H2,1-2H3,(H,33,35)/t23-,25?,29-,30?,31-,32-/m1/s1. The highest BCUT2D eigenvalue weighted by molar-refractivity contribution is 5.83. The van der Waals surface area contributed by atoms with E-state index in [9.17, 15) is 4.79 Å². The number of carbonyl (C=O) groups is 1. The summed E-state index contributed by atoms with van der Waals surface area (Å²) in [4.78, 5) is 16.8. The second-order valence-corrected chi connectivity index (χ2v) is 12.4. The Morgan fingerprint density at radius 1 is 1.13 bits per heavy atom. The fraction of sp³-hybridized carbons (Fsp3) is 0.531. The van der Waals surface area contributed by atoms with Crippen LogP contribution < -0.4 is 14.8 Å². The number of ether oxygens (including phenoxy) is 3. The number of carbonyl (C=O) groups excluding carboxylic acids is 1. The molecule has 0 aromatic heterocycles. The molecule has 3 fully saturated rings. The summed E-state index contributed by atoms with van der Waals surface area (Å²) >= 11 is 0. The highest BCUT2D eigenvalue weighted by Gasteiger charge is 2.80. The second kappa shape index (κ2) is 7.86. The summed E-state index contributed by atoms with van der Waals surface area (Å²) in [6.45, 7) is 2.75. The van der Waals surface area contributed by atoms with E-state index in [1.807, 2.05) is 18.2 Å². The molecule has 2 heterocycles. The summed E-state index contributed by atoms with van der Waals surface area (Å²) in [6.07, 6.45) is 9.88. The first kappa shape index (κ1) is 23.1. The van der Waals surface area contributed by atoms with Crippen molar-refractivity contribution in [1.29, 1.82) is 0 Å². The highest BCUT2D eigenvalue weighted by atomic mass is 16.6. The molecule has 9 rings (SSSR count). The van der Waals surface area contributed by atoms with Crippen LogP contribution in [-0.2, 0) is 27.9 Å². The molecule has 1 N–H and O–H groups in total. The minimum Gasteiger partial charge on any atom is -0.493 e. The van der Waals surface area contributed by atoms with Crippen molar-refractivity contribution < 1.29 is 19.0 Å². The van der Waals surface area contributed by atoms with Crippen molar-refractivity contribution in [2.45, 2.75) is 61.8 Å². The van der Waals surface area contributed by atoms with Crippen LogP contribution >= 0.6 is 0 Å². The number of rotatable bonds is 7. The van der Waals surface area contributed by atoms with Gasteiger partial charge in [0.1, 0.15) is 11.7 Å². The quantitative estimate of drug-likeness (QED) is 0.568. The van der Waals surface area contributed by atoms with Crippen molar-refractivity contribution in [2.75, 3.05) is 27.3 Å². The van der Waals surface area contributed by atoms with Crippen LogP contribution in [-0.4, -0.2) is 55.9 Å². The average Bonchev–Trinajstić information content (AvgIpc) is 3.70. The summed E-state index contributed by atoms with van der Waals surface area (Å²) in [5, 5.41) is 3.26. The van der Waals surface area contributed by atoms with Crippen LogP contribution in [0.4, 0.5) is 0 Å². The monoisotopic (exact) mass is 512 g/mol. The molecule has 2 unspecified atom stereocenters. The molecule has 0 radical (unpaired) electrons. The van der Waals surface area contributed by atoms with Crippen molar-refractivity contribution >= 4 is 5.91 Å². The van der Waals surface area contributed by atoms with Gasteiger partial charge in [0.2, 0.25) is 5.91 Å². The Labute approximate surface area is 224 Å². The van der Waals surface area contributed by atoms with Crippen LogP contribution in [0.3, 0.4) is 0 Å². The van der Waals surface area contributed by atoms with Gasteiger partial charge in [-0.15, -0.1) is 0 Å². The number of benzene rings is 2. The molecule has 2 saturated carbocycles.